The summed E-state index contributed by atoms with van der Waals surface area (Å²) in [4.78, 5) is 38.2. The molecule has 0 rings (SSSR count). The summed E-state index contributed by atoms with van der Waals surface area (Å²) in [5, 5.41) is 0. The van der Waals surface area contributed by atoms with Crippen LogP contribution in [0.2, 0.25) is 0 Å². The van der Waals surface area contributed by atoms with E-state index in [1.807, 2.05) is 0 Å². The molecular weight excluding hydrogens is 949 g/mol. The standard InChI is InChI=1S/C71H118O6/c1-4-7-10-13-16-19-22-24-26-28-29-30-31-32-33-34-35-36-37-38-39-40-41-42-43-44-46-47-49-52-55-58-61-64-70(73)76-67-68(66-75-69(72)63-60-57-54-51-21-18-15-12-9-6-3)77-71(74)65-62-59-56-53-50-48-45-27-25-23-20-17-14-11-8-5-2/h7,10,16,19-20,23-24,26-27,29-30,32-33,35-36,38-39,41-42,45,68H,4-6,8-9,11-15,17-18,21-22,25,28,31,34,37,40,43-44,46-67H2,1-3H3/b10-7-,19-16-,23-20-,26-24-,30-29-,33-32-,36-35-,39-38-,42-41-,45-27-. The summed E-state index contributed by atoms with van der Waals surface area (Å²) in [6, 6.07) is 0. The minimum Gasteiger partial charge on any atom is -0.462 e. The van der Waals surface area contributed by atoms with Crippen LogP contribution in [0.3, 0.4) is 0 Å². The first-order valence-corrected chi connectivity index (χ1v) is 32.0. The van der Waals surface area contributed by atoms with Crippen LogP contribution in [0.25, 0.3) is 0 Å². The number of rotatable bonds is 57. The summed E-state index contributed by atoms with van der Waals surface area (Å²) in [5.74, 6) is -0.906. The summed E-state index contributed by atoms with van der Waals surface area (Å²) in [6.45, 7) is 6.49. The first-order chi connectivity index (χ1) is 38.0. The van der Waals surface area contributed by atoms with Gasteiger partial charge in [0, 0.05) is 19.3 Å². The van der Waals surface area contributed by atoms with E-state index in [0.29, 0.717) is 19.3 Å². The van der Waals surface area contributed by atoms with Crippen LogP contribution in [-0.2, 0) is 28.6 Å². The number of hydrogen-bond acceptors (Lipinski definition) is 6. The van der Waals surface area contributed by atoms with Crippen molar-refractivity contribution in [2.45, 2.75) is 297 Å². The van der Waals surface area contributed by atoms with Crippen LogP contribution in [0.15, 0.2) is 122 Å². The molecule has 77 heavy (non-hydrogen) atoms. The molecule has 0 N–H and O–H groups in total. The van der Waals surface area contributed by atoms with E-state index in [4.69, 9.17) is 14.2 Å². The van der Waals surface area contributed by atoms with E-state index in [1.54, 1.807) is 0 Å². The largest absolute Gasteiger partial charge is 0.462 e. The summed E-state index contributed by atoms with van der Waals surface area (Å²) in [6.07, 6.45) is 89.2. The van der Waals surface area contributed by atoms with Crippen molar-refractivity contribution in [1.29, 1.82) is 0 Å². The number of esters is 3. The molecule has 0 aliphatic rings. The third-order valence-corrected chi connectivity index (χ3v) is 13.5. The van der Waals surface area contributed by atoms with Crippen molar-refractivity contribution in [3.8, 4) is 0 Å². The van der Waals surface area contributed by atoms with Crippen molar-refractivity contribution in [2.75, 3.05) is 13.2 Å². The Bertz CT molecular complexity index is 1600. The molecular formula is C71H118O6. The fourth-order valence-electron chi connectivity index (χ4n) is 8.67. The van der Waals surface area contributed by atoms with Crippen LogP contribution >= 0.6 is 0 Å². The van der Waals surface area contributed by atoms with E-state index in [2.05, 4.69) is 142 Å². The normalized spacial score (nSPS) is 12.9. The van der Waals surface area contributed by atoms with E-state index < -0.39 is 6.10 Å². The van der Waals surface area contributed by atoms with Crippen LogP contribution in [-0.4, -0.2) is 37.2 Å². The van der Waals surface area contributed by atoms with Gasteiger partial charge in [-0.15, -0.1) is 0 Å². The zero-order chi connectivity index (χ0) is 55.7. The number of unbranched alkanes of at least 4 members (excludes halogenated alkanes) is 26. The highest BCUT2D eigenvalue weighted by atomic mass is 16.6. The van der Waals surface area contributed by atoms with E-state index in [0.717, 1.165) is 141 Å². The number of allylic oxidation sites excluding steroid dienone is 20. The number of carbonyl (C=O) groups excluding carboxylic acids is 3. The Morgan fingerprint density at radius 2 is 0.506 bits per heavy atom. The molecule has 6 heteroatoms. The monoisotopic (exact) mass is 1070 g/mol. The zero-order valence-corrected chi connectivity index (χ0v) is 50.2. The van der Waals surface area contributed by atoms with Crippen LogP contribution in [0.4, 0.5) is 0 Å². The van der Waals surface area contributed by atoms with Gasteiger partial charge in [0.05, 0.1) is 0 Å². The van der Waals surface area contributed by atoms with Crippen LogP contribution < -0.4 is 0 Å². The summed E-state index contributed by atoms with van der Waals surface area (Å²) < 4.78 is 16.9. The maximum atomic E-state index is 12.9. The fourth-order valence-corrected chi connectivity index (χ4v) is 8.67. The van der Waals surface area contributed by atoms with Crippen molar-refractivity contribution in [1.82, 2.24) is 0 Å². The number of hydrogen-bond donors (Lipinski definition) is 0. The molecule has 6 nitrogen and oxygen atoms in total. The highest BCUT2D eigenvalue weighted by Gasteiger charge is 2.19. The SMILES string of the molecule is CC/C=C\C/C=C\C/C=C\C/C=C\C/C=C\C/C=C\C/C=C\C/C=C\CCCCCCCCCCC(=O)OCC(COC(=O)CCCCCCCCCCCC)OC(=O)CCCCCCC/C=C\C/C=C\CCCCCC. The van der Waals surface area contributed by atoms with Gasteiger partial charge < -0.3 is 14.2 Å². The van der Waals surface area contributed by atoms with Gasteiger partial charge in [-0.1, -0.05) is 277 Å². The van der Waals surface area contributed by atoms with Crippen LogP contribution in [0.1, 0.15) is 290 Å². The lowest BCUT2D eigenvalue weighted by Gasteiger charge is -2.18. The Labute approximate surface area is 475 Å². The molecule has 438 valence electrons. The van der Waals surface area contributed by atoms with Gasteiger partial charge in [-0.25, -0.2) is 0 Å². The van der Waals surface area contributed by atoms with Gasteiger partial charge >= 0.3 is 17.9 Å². The molecule has 0 heterocycles. The van der Waals surface area contributed by atoms with Crippen molar-refractivity contribution in [3.63, 3.8) is 0 Å². The maximum Gasteiger partial charge on any atom is 0.306 e. The lowest BCUT2D eigenvalue weighted by molar-refractivity contribution is -0.167. The Morgan fingerprint density at radius 3 is 0.805 bits per heavy atom. The molecule has 0 fully saturated rings. The molecule has 0 aromatic heterocycles. The Morgan fingerprint density at radius 1 is 0.273 bits per heavy atom. The zero-order valence-electron chi connectivity index (χ0n) is 50.2. The summed E-state index contributed by atoms with van der Waals surface area (Å²) >= 11 is 0. The molecule has 0 aliphatic carbocycles. The highest BCUT2D eigenvalue weighted by Crippen LogP contribution is 2.15. The minimum atomic E-state index is -0.789. The first kappa shape index (κ1) is 72.8. The molecule has 0 radical (unpaired) electrons. The summed E-state index contributed by atoms with van der Waals surface area (Å²) in [5.41, 5.74) is 0. The summed E-state index contributed by atoms with van der Waals surface area (Å²) in [7, 11) is 0. The molecule has 1 atom stereocenters. The average molecular weight is 1070 g/mol. The van der Waals surface area contributed by atoms with E-state index in [1.165, 1.54) is 109 Å². The lowest BCUT2D eigenvalue weighted by Crippen LogP contribution is -2.30. The van der Waals surface area contributed by atoms with Crippen molar-refractivity contribution in [2.24, 2.45) is 0 Å². The molecule has 0 aromatic carbocycles. The molecule has 0 amide bonds. The number of carbonyl (C=O) groups is 3. The first-order valence-electron chi connectivity index (χ1n) is 32.0. The molecule has 0 saturated heterocycles. The third kappa shape index (κ3) is 62.5. The van der Waals surface area contributed by atoms with Crippen molar-refractivity contribution in [3.05, 3.63) is 122 Å². The van der Waals surface area contributed by atoms with Crippen molar-refractivity contribution >= 4 is 17.9 Å². The predicted molar refractivity (Wildman–Crippen MR) is 334 cm³/mol. The quantitative estimate of drug-likeness (QED) is 0.0261. The third-order valence-electron chi connectivity index (χ3n) is 13.5. The Hall–Kier alpha value is -4.19. The smallest absolute Gasteiger partial charge is 0.306 e. The van der Waals surface area contributed by atoms with Gasteiger partial charge in [-0.05, 0) is 116 Å². The Balaban J connectivity index is 4.23. The molecule has 0 aromatic rings. The second-order valence-electron chi connectivity index (χ2n) is 20.9. The van der Waals surface area contributed by atoms with E-state index >= 15 is 0 Å². The molecule has 0 aliphatic heterocycles. The molecule has 0 bridgehead atoms. The maximum absolute atomic E-state index is 12.9. The van der Waals surface area contributed by atoms with Gasteiger partial charge in [0.25, 0.3) is 0 Å². The van der Waals surface area contributed by atoms with Gasteiger partial charge in [0.2, 0.25) is 0 Å². The van der Waals surface area contributed by atoms with E-state index in [9.17, 15) is 14.4 Å². The van der Waals surface area contributed by atoms with E-state index in [-0.39, 0.29) is 31.1 Å². The lowest BCUT2D eigenvalue weighted by atomic mass is 10.1. The average Bonchev–Trinajstić information content (AvgIpc) is 3.43. The fraction of sp³-hybridized carbons (Fsp3) is 0.676. The topological polar surface area (TPSA) is 78.9 Å². The number of ether oxygens (including phenoxy) is 3. The predicted octanol–water partition coefficient (Wildman–Crippen LogP) is 22.0. The van der Waals surface area contributed by atoms with Gasteiger partial charge in [-0.3, -0.25) is 14.4 Å². The minimum absolute atomic E-state index is 0.0855. The molecule has 0 saturated carbocycles. The van der Waals surface area contributed by atoms with Crippen molar-refractivity contribution < 1.29 is 28.6 Å². The molecule has 0 spiro atoms. The van der Waals surface area contributed by atoms with Gasteiger partial charge in [0.15, 0.2) is 6.10 Å². The van der Waals surface area contributed by atoms with Crippen LogP contribution in [0.5, 0.6) is 0 Å². The van der Waals surface area contributed by atoms with Crippen LogP contribution in [0, 0.1) is 0 Å². The van der Waals surface area contributed by atoms with Gasteiger partial charge in [-0.2, -0.15) is 0 Å². The van der Waals surface area contributed by atoms with Gasteiger partial charge in [0.1, 0.15) is 13.2 Å². The highest BCUT2D eigenvalue weighted by molar-refractivity contribution is 5.71. The molecule has 1 unspecified atom stereocenters. The Kier molecular flexibility index (Phi) is 60.8. The second-order valence-corrected chi connectivity index (χ2v) is 20.9. The second kappa shape index (κ2) is 64.3.